The number of nitrogen functional groups attached to an aromatic ring is 3. The number of benzene rings is 2. The number of hydrogen-bond acceptors (Lipinski definition) is 10. The molecule has 0 saturated carbocycles. The van der Waals surface area contributed by atoms with Gasteiger partial charge in [-0.05, 0) is 55.5 Å². The lowest BCUT2D eigenvalue weighted by Crippen LogP contribution is -2.13. The fourth-order valence-electron chi connectivity index (χ4n) is 2.43. The molecule has 2 aromatic carbocycles. The highest BCUT2D eigenvalue weighted by atomic mass is 35.5. The minimum absolute atomic E-state index is 0. The monoisotopic (exact) mass is 502 g/mol. The van der Waals surface area contributed by atoms with Gasteiger partial charge in [0.25, 0.3) is 10.0 Å². The molecule has 0 aliphatic heterocycles. The number of rotatable bonds is 5. The smallest absolute Gasteiger partial charge is 0.263 e. The van der Waals surface area contributed by atoms with Crippen molar-refractivity contribution in [1.82, 2.24) is 10.1 Å². The number of nitrogens with one attached hydrogen (secondary N) is 1. The van der Waals surface area contributed by atoms with Gasteiger partial charge in [-0.25, -0.2) is 13.4 Å². The van der Waals surface area contributed by atoms with E-state index in [1.807, 2.05) is 30.3 Å². The average molecular weight is 503 g/mol. The first kappa shape index (κ1) is 26.1. The second-order valence-electron chi connectivity index (χ2n) is 6.67. The summed E-state index contributed by atoms with van der Waals surface area (Å²) < 4.78 is 30.8. The summed E-state index contributed by atoms with van der Waals surface area (Å²) in [6.07, 6.45) is 0. The number of sulfonamides is 1. The maximum absolute atomic E-state index is 11.9. The van der Waals surface area contributed by atoms with E-state index >= 15 is 0 Å². The summed E-state index contributed by atoms with van der Waals surface area (Å²) in [6, 6.07) is 20.1. The molecule has 34 heavy (non-hydrogen) atoms. The van der Waals surface area contributed by atoms with Crippen LogP contribution in [0.25, 0.3) is 0 Å². The number of nitrogens with zero attached hydrogens (tertiary/aromatic N) is 4. The van der Waals surface area contributed by atoms with Gasteiger partial charge in [0, 0.05) is 11.8 Å². The fraction of sp³-hybridized carbons (Fsp3) is 0.0476. The quantitative estimate of drug-likeness (QED) is 0.227. The molecule has 0 amide bonds. The minimum Gasteiger partial charge on any atom is -0.399 e. The van der Waals surface area contributed by atoms with Crippen molar-refractivity contribution in [3.05, 3.63) is 78.6 Å². The molecule has 0 unspecified atom stereocenters. The van der Waals surface area contributed by atoms with Crippen molar-refractivity contribution in [1.29, 1.82) is 0 Å². The Morgan fingerprint density at radius 2 is 1.59 bits per heavy atom. The van der Waals surface area contributed by atoms with E-state index in [9.17, 15) is 8.42 Å². The molecule has 7 N–H and O–H groups in total. The van der Waals surface area contributed by atoms with Crippen LogP contribution in [0.4, 0.5) is 34.5 Å². The molecule has 0 atom stereocenters. The Morgan fingerprint density at radius 1 is 0.912 bits per heavy atom. The highest BCUT2D eigenvalue weighted by molar-refractivity contribution is 7.92. The van der Waals surface area contributed by atoms with Gasteiger partial charge in [-0.2, -0.15) is 5.11 Å². The second-order valence-corrected chi connectivity index (χ2v) is 8.36. The molecule has 0 spiro atoms. The van der Waals surface area contributed by atoms with Crippen molar-refractivity contribution < 1.29 is 12.9 Å². The number of aromatic nitrogens is 2. The summed E-state index contributed by atoms with van der Waals surface area (Å²) in [5.41, 5.74) is 18.4. The second kappa shape index (κ2) is 11.6. The maximum Gasteiger partial charge on any atom is 0.263 e. The number of aryl methyl sites for hydroxylation is 1. The highest BCUT2D eigenvalue weighted by Crippen LogP contribution is 2.23. The van der Waals surface area contributed by atoms with Crippen LogP contribution < -0.4 is 21.9 Å². The van der Waals surface area contributed by atoms with Crippen LogP contribution in [0.1, 0.15) is 5.76 Å². The zero-order valence-electron chi connectivity index (χ0n) is 18.0. The van der Waals surface area contributed by atoms with Crippen LogP contribution in [0.2, 0.25) is 0 Å². The van der Waals surface area contributed by atoms with Gasteiger partial charge in [0.05, 0.1) is 10.6 Å². The molecule has 0 aliphatic rings. The summed E-state index contributed by atoms with van der Waals surface area (Å²) >= 11 is 0. The van der Waals surface area contributed by atoms with Gasteiger partial charge >= 0.3 is 0 Å². The number of hydrogen-bond donors (Lipinski definition) is 4. The molecule has 0 saturated heterocycles. The van der Waals surface area contributed by atoms with Gasteiger partial charge in [0.2, 0.25) is 0 Å². The Morgan fingerprint density at radius 3 is 2.18 bits per heavy atom. The van der Waals surface area contributed by atoms with Gasteiger partial charge in [0.15, 0.2) is 11.6 Å². The van der Waals surface area contributed by atoms with Crippen LogP contribution in [-0.2, 0) is 10.0 Å². The van der Waals surface area contributed by atoms with Crippen LogP contribution in [0.5, 0.6) is 0 Å². The molecular formula is C21H23ClN8O3S. The fourth-order valence-corrected chi connectivity index (χ4v) is 3.42. The van der Waals surface area contributed by atoms with Crippen LogP contribution in [0.15, 0.2) is 92.4 Å². The summed E-state index contributed by atoms with van der Waals surface area (Å²) in [4.78, 5) is 4.01. The standard InChI is InChI=1S/C11H11N5.C10H11N3O3S.ClH/c12-10-7-6-9(11(13)14-10)16-15-8-4-2-1-3-5-8;1-7-6-10(12-16-7)13-17(14,15)9-4-2-8(11)3-5-9;/h1-7H,(H4,12,13,14);2-6H,11H2,1H3,(H,12,13);1H/b16-15+;;. The van der Waals surface area contributed by atoms with Gasteiger partial charge < -0.3 is 21.7 Å². The highest BCUT2D eigenvalue weighted by Gasteiger charge is 2.15. The van der Waals surface area contributed by atoms with Gasteiger partial charge in [0.1, 0.15) is 17.3 Å². The summed E-state index contributed by atoms with van der Waals surface area (Å²) in [5, 5.41) is 11.6. The number of halogens is 1. The van der Waals surface area contributed by atoms with Crippen molar-refractivity contribution in [2.45, 2.75) is 11.8 Å². The number of nitrogens with two attached hydrogens (primary N) is 3. The zero-order chi connectivity index (χ0) is 23.8. The van der Waals surface area contributed by atoms with Crippen LogP contribution in [-0.4, -0.2) is 18.6 Å². The number of azo groups is 1. The van der Waals surface area contributed by atoms with E-state index in [0.29, 0.717) is 23.0 Å². The first-order chi connectivity index (χ1) is 15.7. The molecule has 11 nitrogen and oxygen atoms in total. The first-order valence-corrected chi connectivity index (χ1v) is 11.0. The van der Waals surface area contributed by atoms with Crippen molar-refractivity contribution in [2.24, 2.45) is 10.2 Å². The maximum atomic E-state index is 11.9. The Kier molecular flexibility index (Phi) is 8.93. The lowest BCUT2D eigenvalue weighted by Gasteiger charge is -2.04. The number of anilines is 4. The SMILES string of the molecule is Cc1cc(NS(=O)(=O)c2ccc(N)cc2)no1.Cl.Nc1ccc(/N=N/c2ccccc2)c(N)n1. The molecule has 2 aromatic heterocycles. The largest absolute Gasteiger partial charge is 0.399 e. The van der Waals surface area contributed by atoms with Gasteiger partial charge in [-0.3, -0.25) is 4.72 Å². The van der Waals surface area contributed by atoms with Crippen LogP contribution in [0, 0.1) is 6.92 Å². The normalized spacial score (nSPS) is 10.7. The van der Waals surface area contributed by atoms with E-state index in [1.165, 1.54) is 30.3 Å². The number of pyridine rings is 1. The molecule has 0 aliphatic carbocycles. The Balaban J connectivity index is 0.000000234. The predicted molar refractivity (Wildman–Crippen MR) is 134 cm³/mol. The van der Waals surface area contributed by atoms with E-state index in [0.717, 1.165) is 5.69 Å². The molecule has 178 valence electrons. The topological polar surface area (TPSA) is 188 Å². The van der Waals surface area contributed by atoms with Crippen molar-refractivity contribution in [2.75, 3.05) is 21.9 Å². The Hall–Kier alpha value is -4.16. The van der Waals surface area contributed by atoms with E-state index in [2.05, 4.69) is 25.1 Å². The van der Waals surface area contributed by atoms with Crippen LogP contribution in [0.3, 0.4) is 0 Å². The van der Waals surface area contributed by atoms with E-state index in [1.54, 1.807) is 19.1 Å². The molecule has 4 aromatic rings. The third-order valence-electron chi connectivity index (χ3n) is 4.01. The summed E-state index contributed by atoms with van der Waals surface area (Å²) in [7, 11) is -3.64. The Bertz CT molecular complexity index is 1340. The summed E-state index contributed by atoms with van der Waals surface area (Å²) in [5.74, 6) is 1.33. The van der Waals surface area contributed by atoms with E-state index < -0.39 is 10.0 Å². The molecule has 0 fully saturated rings. The Labute approximate surface area is 202 Å². The molecule has 4 rings (SSSR count). The van der Waals surface area contributed by atoms with E-state index in [-0.39, 0.29) is 28.9 Å². The van der Waals surface area contributed by atoms with E-state index in [4.69, 9.17) is 21.7 Å². The lowest BCUT2D eigenvalue weighted by atomic mass is 10.3. The van der Waals surface area contributed by atoms with Crippen LogP contribution >= 0.6 is 12.4 Å². The van der Waals surface area contributed by atoms with Crippen molar-refractivity contribution >= 4 is 56.9 Å². The van der Waals surface area contributed by atoms with Gasteiger partial charge in [-0.15, -0.1) is 17.5 Å². The lowest BCUT2D eigenvalue weighted by molar-refractivity contribution is 0.400. The predicted octanol–water partition coefficient (Wildman–Crippen LogP) is 4.45. The molecule has 2 heterocycles. The zero-order valence-corrected chi connectivity index (χ0v) is 19.6. The van der Waals surface area contributed by atoms with Gasteiger partial charge in [-0.1, -0.05) is 23.4 Å². The molecular weight excluding hydrogens is 480 g/mol. The minimum atomic E-state index is -3.64. The average Bonchev–Trinajstić information content (AvgIpc) is 3.18. The molecule has 13 heteroatoms. The third-order valence-corrected chi connectivity index (χ3v) is 5.38. The molecule has 0 radical (unpaired) electrons. The molecule has 0 bridgehead atoms. The van der Waals surface area contributed by atoms with Crippen molar-refractivity contribution in [3.63, 3.8) is 0 Å². The third kappa shape index (κ3) is 7.46. The van der Waals surface area contributed by atoms with Crippen molar-refractivity contribution in [3.8, 4) is 0 Å². The first-order valence-electron chi connectivity index (χ1n) is 9.53. The summed E-state index contributed by atoms with van der Waals surface area (Å²) in [6.45, 7) is 1.67.